The van der Waals surface area contributed by atoms with Crippen molar-refractivity contribution in [1.29, 1.82) is 0 Å². The van der Waals surface area contributed by atoms with Gasteiger partial charge in [-0.25, -0.2) is 9.97 Å². The third kappa shape index (κ3) is 2.27. The van der Waals surface area contributed by atoms with Crippen LogP contribution >= 0.6 is 11.6 Å². The topological polar surface area (TPSA) is 42.2 Å². The summed E-state index contributed by atoms with van der Waals surface area (Å²) in [6.07, 6.45) is 3.68. The number of hydrogen-bond acceptors (Lipinski definition) is 3. The highest BCUT2D eigenvalue weighted by atomic mass is 35.5. The lowest BCUT2D eigenvalue weighted by molar-refractivity contribution is 0.985. The van der Waals surface area contributed by atoms with Gasteiger partial charge in [0.05, 0.1) is 23.6 Å². The summed E-state index contributed by atoms with van der Waals surface area (Å²) in [6, 6.07) is 9.74. The Morgan fingerprint density at radius 1 is 1.26 bits per heavy atom. The van der Waals surface area contributed by atoms with Gasteiger partial charge in [0.15, 0.2) is 5.15 Å². The number of anilines is 1. The Morgan fingerprint density at radius 2 is 2.16 bits per heavy atom. The molecule has 3 heterocycles. The van der Waals surface area contributed by atoms with Gasteiger partial charge < -0.3 is 9.72 Å². The van der Waals surface area contributed by atoms with E-state index in [4.69, 9.17) is 11.6 Å². The van der Waals surface area contributed by atoms with Crippen LogP contribution in [0.5, 0.6) is 0 Å². The Kier molecular flexibility index (Phi) is 3.09. The lowest BCUT2D eigenvalue weighted by Gasteiger charge is -2.08. The first kappa shape index (κ1) is 12.0. The molecule has 0 unspecified atom stereocenters. The monoisotopic (exact) mass is 272 g/mol. The molecule has 0 saturated heterocycles. The molecule has 5 heteroatoms. The van der Waals surface area contributed by atoms with E-state index in [0.717, 1.165) is 22.7 Å². The van der Waals surface area contributed by atoms with Crippen LogP contribution in [0.1, 0.15) is 11.4 Å². The number of aromatic nitrogens is 3. The van der Waals surface area contributed by atoms with E-state index in [9.17, 15) is 0 Å². The Morgan fingerprint density at radius 3 is 3.00 bits per heavy atom. The van der Waals surface area contributed by atoms with Crippen LogP contribution in [0, 0.1) is 6.92 Å². The van der Waals surface area contributed by atoms with Gasteiger partial charge in [0.2, 0.25) is 0 Å². The van der Waals surface area contributed by atoms with Gasteiger partial charge in [0, 0.05) is 12.4 Å². The average Bonchev–Trinajstić information content (AvgIpc) is 2.74. The van der Waals surface area contributed by atoms with Crippen LogP contribution in [0.25, 0.3) is 5.65 Å². The largest absolute Gasteiger partial charge is 0.377 e. The van der Waals surface area contributed by atoms with Crippen molar-refractivity contribution in [1.82, 2.24) is 14.4 Å². The van der Waals surface area contributed by atoms with E-state index < -0.39 is 0 Å². The summed E-state index contributed by atoms with van der Waals surface area (Å²) in [4.78, 5) is 8.57. The van der Waals surface area contributed by atoms with Crippen LogP contribution in [0.15, 0.2) is 42.7 Å². The maximum atomic E-state index is 6.03. The fourth-order valence-electron chi connectivity index (χ4n) is 2.07. The zero-order chi connectivity index (χ0) is 13.2. The summed E-state index contributed by atoms with van der Waals surface area (Å²) in [7, 11) is 0. The van der Waals surface area contributed by atoms with Gasteiger partial charge in [-0.15, -0.1) is 0 Å². The molecule has 0 bridgehead atoms. The number of aryl methyl sites for hydroxylation is 1. The molecule has 19 heavy (non-hydrogen) atoms. The smallest absolute Gasteiger partial charge is 0.152 e. The standard InChI is InChI=1S/C14H13ClN4/c1-10-12(19-8-3-2-6-13(19)18-10)9-17-11-5-4-7-16-14(11)15/h2-8,17H,9H2,1H3. The third-order valence-electron chi connectivity index (χ3n) is 3.03. The second kappa shape index (κ2) is 4.90. The first-order valence-electron chi connectivity index (χ1n) is 6.02. The quantitative estimate of drug-likeness (QED) is 0.744. The van der Waals surface area contributed by atoms with Crippen LogP contribution in [-0.4, -0.2) is 14.4 Å². The van der Waals surface area contributed by atoms with Crippen molar-refractivity contribution in [3.05, 3.63) is 59.3 Å². The lowest BCUT2D eigenvalue weighted by atomic mass is 10.3. The van der Waals surface area contributed by atoms with E-state index in [0.29, 0.717) is 11.7 Å². The maximum Gasteiger partial charge on any atom is 0.152 e. The minimum atomic E-state index is 0.481. The molecule has 0 amide bonds. The van der Waals surface area contributed by atoms with Crippen molar-refractivity contribution in [3.63, 3.8) is 0 Å². The highest BCUT2D eigenvalue weighted by molar-refractivity contribution is 6.31. The van der Waals surface area contributed by atoms with Gasteiger partial charge in [0.1, 0.15) is 5.65 Å². The first-order valence-corrected chi connectivity index (χ1v) is 6.40. The molecule has 0 saturated carbocycles. The summed E-state index contributed by atoms with van der Waals surface area (Å²) in [6.45, 7) is 2.66. The van der Waals surface area contributed by atoms with Crippen molar-refractivity contribution < 1.29 is 0 Å². The fraction of sp³-hybridized carbons (Fsp3) is 0.143. The Bertz CT molecular complexity index is 720. The Labute approximate surface area is 116 Å². The normalized spacial score (nSPS) is 10.8. The molecule has 0 aliphatic rings. The Hall–Kier alpha value is -2.07. The number of pyridine rings is 2. The second-order valence-electron chi connectivity index (χ2n) is 4.27. The predicted octanol–water partition coefficient (Wildman–Crippen LogP) is 3.30. The minimum absolute atomic E-state index is 0.481. The van der Waals surface area contributed by atoms with Crippen LogP contribution in [-0.2, 0) is 6.54 Å². The molecule has 96 valence electrons. The predicted molar refractivity (Wildman–Crippen MR) is 76.5 cm³/mol. The molecule has 0 atom stereocenters. The summed E-state index contributed by atoms with van der Waals surface area (Å²) in [5, 5.41) is 3.77. The molecule has 0 radical (unpaired) electrons. The zero-order valence-electron chi connectivity index (χ0n) is 10.5. The number of rotatable bonds is 3. The van der Waals surface area contributed by atoms with Gasteiger partial charge >= 0.3 is 0 Å². The molecule has 3 aromatic rings. The minimum Gasteiger partial charge on any atom is -0.377 e. The van der Waals surface area contributed by atoms with E-state index >= 15 is 0 Å². The molecule has 0 fully saturated rings. The highest BCUT2D eigenvalue weighted by Crippen LogP contribution is 2.19. The van der Waals surface area contributed by atoms with Gasteiger partial charge in [0.25, 0.3) is 0 Å². The van der Waals surface area contributed by atoms with Gasteiger partial charge in [-0.1, -0.05) is 17.7 Å². The van der Waals surface area contributed by atoms with Crippen LogP contribution < -0.4 is 5.32 Å². The van der Waals surface area contributed by atoms with E-state index in [1.54, 1.807) is 6.20 Å². The summed E-state index contributed by atoms with van der Waals surface area (Å²) in [5.41, 5.74) is 3.91. The summed E-state index contributed by atoms with van der Waals surface area (Å²) in [5.74, 6) is 0. The summed E-state index contributed by atoms with van der Waals surface area (Å²) >= 11 is 6.03. The van der Waals surface area contributed by atoms with E-state index in [2.05, 4.69) is 19.7 Å². The molecule has 3 aromatic heterocycles. The second-order valence-corrected chi connectivity index (χ2v) is 4.63. The SMILES string of the molecule is Cc1nc2ccccn2c1CNc1cccnc1Cl. The molecule has 3 rings (SSSR count). The van der Waals surface area contributed by atoms with Gasteiger partial charge in [-0.3, -0.25) is 0 Å². The number of imidazole rings is 1. The highest BCUT2D eigenvalue weighted by Gasteiger charge is 2.08. The molecule has 0 aliphatic carbocycles. The van der Waals surface area contributed by atoms with Crippen molar-refractivity contribution in [2.45, 2.75) is 13.5 Å². The number of nitrogens with one attached hydrogen (secondary N) is 1. The fourth-order valence-corrected chi connectivity index (χ4v) is 2.26. The van der Waals surface area contributed by atoms with Crippen molar-refractivity contribution in [2.75, 3.05) is 5.32 Å². The van der Waals surface area contributed by atoms with Crippen LogP contribution in [0.4, 0.5) is 5.69 Å². The van der Waals surface area contributed by atoms with Crippen molar-refractivity contribution in [2.24, 2.45) is 0 Å². The summed E-state index contributed by atoms with van der Waals surface area (Å²) < 4.78 is 2.08. The van der Waals surface area contributed by atoms with E-state index in [1.807, 2.05) is 43.5 Å². The first-order chi connectivity index (χ1) is 9.25. The molecular weight excluding hydrogens is 260 g/mol. The number of nitrogens with zero attached hydrogens (tertiary/aromatic N) is 3. The number of hydrogen-bond donors (Lipinski definition) is 1. The molecule has 0 aromatic carbocycles. The molecule has 0 spiro atoms. The number of fused-ring (bicyclic) bond motifs is 1. The lowest BCUT2D eigenvalue weighted by Crippen LogP contribution is -2.04. The van der Waals surface area contributed by atoms with Gasteiger partial charge in [-0.05, 0) is 31.2 Å². The zero-order valence-corrected chi connectivity index (χ0v) is 11.2. The van der Waals surface area contributed by atoms with Gasteiger partial charge in [-0.2, -0.15) is 0 Å². The van der Waals surface area contributed by atoms with Crippen molar-refractivity contribution in [3.8, 4) is 0 Å². The molecule has 1 N–H and O–H groups in total. The molecule has 0 aliphatic heterocycles. The average molecular weight is 273 g/mol. The Balaban J connectivity index is 1.90. The third-order valence-corrected chi connectivity index (χ3v) is 3.34. The van der Waals surface area contributed by atoms with Crippen LogP contribution in [0.3, 0.4) is 0 Å². The number of halogens is 1. The van der Waals surface area contributed by atoms with E-state index in [1.165, 1.54) is 0 Å². The molecule has 4 nitrogen and oxygen atoms in total. The van der Waals surface area contributed by atoms with Crippen molar-refractivity contribution >= 4 is 22.9 Å². The van der Waals surface area contributed by atoms with Crippen LogP contribution in [0.2, 0.25) is 5.15 Å². The molecular formula is C14H13ClN4. The van der Waals surface area contributed by atoms with E-state index in [-0.39, 0.29) is 0 Å². The maximum absolute atomic E-state index is 6.03.